The van der Waals surface area contributed by atoms with Gasteiger partial charge in [0.05, 0.1) is 24.9 Å². The van der Waals surface area contributed by atoms with Gasteiger partial charge in [0.2, 0.25) is 0 Å². The molecule has 3 rings (SSSR count). The molecule has 0 bridgehead atoms. The molecule has 0 aliphatic carbocycles. The summed E-state index contributed by atoms with van der Waals surface area (Å²) in [7, 11) is 0. The van der Waals surface area contributed by atoms with Crippen molar-refractivity contribution in [3.05, 3.63) is 65.5 Å². The third kappa shape index (κ3) is 3.77. The minimum atomic E-state index is -0.341. The Morgan fingerprint density at radius 2 is 1.87 bits per heavy atom. The summed E-state index contributed by atoms with van der Waals surface area (Å²) in [4.78, 5) is 2.27. The highest BCUT2D eigenvalue weighted by molar-refractivity contribution is 5.89. The lowest BCUT2D eigenvalue weighted by atomic mass is 10.0. The van der Waals surface area contributed by atoms with E-state index in [1.807, 2.05) is 24.3 Å². The van der Waals surface area contributed by atoms with Crippen LogP contribution in [0, 0.1) is 17.1 Å². The average molecular weight is 308 g/mol. The SMILES string of the molecule is N#CC(=Cc1ccc(N2CCOCC2)cc1)c1cccc(F)c1. The molecule has 0 aromatic heterocycles. The van der Waals surface area contributed by atoms with Gasteiger partial charge in [-0.25, -0.2) is 4.39 Å². The number of ether oxygens (including phenoxy) is 1. The zero-order valence-electron chi connectivity index (χ0n) is 12.7. The topological polar surface area (TPSA) is 36.3 Å². The molecule has 4 heteroatoms. The fraction of sp³-hybridized carbons (Fsp3) is 0.211. The molecule has 1 aliphatic rings. The number of halogens is 1. The van der Waals surface area contributed by atoms with Crippen molar-refractivity contribution < 1.29 is 9.13 Å². The van der Waals surface area contributed by atoms with E-state index in [1.165, 1.54) is 12.1 Å². The van der Waals surface area contributed by atoms with E-state index < -0.39 is 0 Å². The van der Waals surface area contributed by atoms with E-state index in [2.05, 4.69) is 11.0 Å². The molecule has 0 spiro atoms. The van der Waals surface area contributed by atoms with Crippen LogP contribution < -0.4 is 4.90 Å². The number of nitrogens with zero attached hydrogens (tertiary/aromatic N) is 2. The summed E-state index contributed by atoms with van der Waals surface area (Å²) in [5.41, 5.74) is 3.10. The lowest BCUT2D eigenvalue weighted by Gasteiger charge is -2.28. The summed E-state index contributed by atoms with van der Waals surface area (Å²) in [6.07, 6.45) is 1.78. The van der Waals surface area contributed by atoms with Crippen molar-refractivity contribution in [2.45, 2.75) is 0 Å². The van der Waals surface area contributed by atoms with E-state index in [-0.39, 0.29) is 5.82 Å². The molecule has 0 atom stereocenters. The first kappa shape index (κ1) is 15.3. The summed E-state index contributed by atoms with van der Waals surface area (Å²) in [5.74, 6) is -0.341. The number of anilines is 1. The molecule has 1 aliphatic heterocycles. The Bertz CT molecular complexity index is 741. The Hall–Kier alpha value is -2.64. The van der Waals surface area contributed by atoms with Crippen LogP contribution in [0.2, 0.25) is 0 Å². The van der Waals surface area contributed by atoms with Crippen molar-refractivity contribution >= 4 is 17.3 Å². The van der Waals surface area contributed by atoms with Gasteiger partial charge in [-0.15, -0.1) is 0 Å². The minimum absolute atomic E-state index is 0.341. The van der Waals surface area contributed by atoms with Crippen LogP contribution >= 0.6 is 0 Å². The predicted octanol–water partition coefficient (Wildman–Crippen LogP) is 3.73. The van der Waals surface area contributed by atoms with Crippen molar-refractivity contribution in [2.75, 3.05) is 31.2 Å². The second kappa shape index (κ2) is 7.08. The first-order valence-electron chi connectivity index (χ1n) is 7.57. The largest absolute Gasteiger partial charge is 0.378 e. The predicted molar refractivity (Wildman–Crippen MR) is 89.4 cm³/mol. The van der Waals surface area contributed by atoms with Crippen molar-refractivity contribution in [3.8, 4) is 6.07 Å². The first-order valence-corrected chi connectivity index (χ1v) is 7.57. The number of allylic oxidation sites excluding steroid dienone is 1. The van der Waals surface area contributed by atoms with Crippen molar-refractivity contribution in [1.82, 2.24) is 0 Å². The van der Waals surface area contributed by atoms with Crippen LogP contribution in [0.3, 0.4) is 0 Å². The number of rotatable bonds is 3. The molecule has 0 N–H and O–H groups in total. The molecule has 116 valence electrons. The highest BCUT2D eigenvalue weighted by Gasteiger charge is 2.10. The molecule has 0 radical (unpaired) electrons. The van der Waals surface area contributed by atoms with E-state index in [1.54, 1.807) is 18.2 Å². The van der Waals surface area contributed by atoms with Gasteiger partial charge < -0.3 is 9.64 Å². The van der Waals surface area contributed by atoms with E-state index in [9.17, 15) is 9.65 Å². The molecular formula is C19H17FN2O. The average Bonchev–Trinajstić information content (AvgIpc) is 2.61. The molecule has 0 saturated carbocycles. The van der Waals surface area contributed by atoms with Gasteiger partial charge in [-0.05, 0) is 41.5 Å². The fourth-order valence-electron chi connectivity index (χ4n) is 2.61. The van der Waals surface area contributed by atoms with Gasteiger partial charge in [-0.1, -0.05) is 24.3 Å². The van der Waals surface area contributed by atoms with Gasteiger partial charge >= 0.3 is 0 Å². The molecule has 2 aromatic rings. The van der Waals surface area contributed by atoms with Gasteiger partial charge in [0.25, 0.3) is 0 Å². The van der Waals surface area contributed by atoms with Crippen LogP contribution in [0.1, 0.15) is 11.1 Å². The summed E-state index contributed by atoms with van der Waals surface area (Å²) in [6.45, 7) is 3.28. The molecule has 1 heterocycles. The maximum absolute atomic E-state index is 13.3. The van der Waals surface area contributed by atoms with Crippen LogP contribution in [0.25, 0.3) is 11.6 Å². The monoisotopic (exact) mass is 308 g/mol. The summed E-state index contributed by atoms with van der Waals surface area (Å²) < 4.78 is 18.7. The molecule has 0 unspecified atom stereocenters. The number of benzene rings is 2. The summed E-state index contributed by atoms with van der Waals surface area (Å²) >= 11 is 0. The highest BCUT2D eigenvalue weighted by Crippen LogP contribution is 2.21. The quantitative estimate of drug-likeness (QED) is 0.640. The number of morpholine rings is 1. The van der Waals surface area contributed by atoms with Gasteiger partial charge in [-0.3, -0.25) is 0 Å². The molecule has 1 fully saturated rings. The Labute approximate surface area is 135 Å². The zero-order valence-corrected chi connectivity index (χ0v) is 12.7. The van der Waals surface area contributed by atoms with Gasteiger partial charge in [0.15, 0.2) is 0 Å². The third-order valence-corrected chi connectivity index (χ3v) is 3.84. The van der Waals surface area contributed by atoms with Crippen LogP contribution in [-0.4, -0.2) is 26.3 Å². The molecule has 0 amide bonds. The number of hydrogen-bond acceptors (Lipinski definition) is 3. The fourth-order valence-corrected chi connectivity index (χ4v) is 2.61. The second-order valence-corrected chi connectivity index (χ2v) is 5.37. The zero-order chi connectivity index (χ0) is 16.1. The Morgan fingerprint density at radius 3 is 2.52 bits per heavy atom. The molecular weight excluding hydrogens is 291 g/mol. The highest BCUT2D eigenvalue weighted by atomic mass is 19.1. The van der Waals surface area contributed by atoms with E-state index >= 15 is 0 Å². The summed E-state index contributed by atoms with van der Waals surface area (Å²) in [5, 5.41) is 9.33. The number of hydrogen-bond donors (Lipinski definition) is 0. The van der Waals surface area contributed by atoms with Gasteiger partial charge in [-0.2, -0.15) is 5.26 Å². The minimum Gasteiger partial charge on any atom is -0.378 e. The van der Waals surface area contributed by atoms with E-state index in [4.69, 9.17) is 4.74 Å². The molecule has 1 saturated heterocycles. The summed E-state index contributed by atoms with van der Waals surface area (Å²) in [6, 6.07) is 16.3. The maximum atomic E-state index is 13.3. The standard InChI is InChI=1S/C19H17FN2O/c20-18-3-1-2-16(13-18)17(14-21)12-15-4-6-19(7-5-15)22-8-10-23-11-9-22/h1-7,12-13H,8-11H2. The van der Waals surface area contributed by atoms with Crippen LogP contribution in [0.5, 0.6) is 0 Å². The normalized spacial score (nSPS) is 15.3. The molecule has 23 heavy (non-hydrogen) atoms. The number of nitriles is 1. The third-order valence-electron chi connectivity index (χ3n) is 3.84. The lowest BCUT2D eigenvalue weighted by Crippen LogP contribution is -2.36. The van der Waals surface area contributed by atoms with Crippen molar-refractivity contribution in [2.24, 2.45) is 0 Å². The Morgan fingerprint density at radius 1 is 1.13 bits per heavy atom. The Kier molecular flexibility index (Phi) is 4.70. The van der Waals surface area contributed by atoms with Crippen LogP contribution in [-0.2, 0) is 4.74 Å². The van der Waals surface area contributed by atoms with Crippen LogP contribution in [0.4, 0.5) is 10.1 Å². The van der Waals surface area contributed by atoms with Gasteiger partial charge in [0, 0.05) is 18.8 Å². The maximum Gasteiger partial charge on any atom is 0.123 e. The second-order valence-electron chi connectivity index (χ2n) is 5.37. The smallest absolute Gasteiger partial charge is 0.123 e. The van der Waals surface area contributed by atoms with Crippen molar-refractivity contribution in [3.63, 3.8) is 0 Å². The van der Waals surface area contributed by atoms with E-state index in [0.29, 0.717) is 11.1 Å². The molecule has 3 nitrogen and oxygen atoms in total. The Balaban J connectivity index is 1.82. The van der Waals surface area contributed by atoms with Gasteiger partial charge in [0.1, 0.15) is 5.82 Å². The van der Waals surface area contributed by atoms with Crippen LogP contribution in [0.15, 0.2) is 48.5 Å². The van der Waals surface area contributed by atoms with E-state index in [0.717, 1.165) is 37.6 Å². The lowest BCUT2D eigenvalue weighted by molar-refractivity contribution is 0.122. The van der Waals surface area contributed by atoms with Crippen molar-refractivity contribution in [1.29, 1.82) is 5.26 Å². The first-order chi connectivity index (χ1) is 11.3. The molecule has 2 aromatic carbocycles.